The van der Waals surface area contributed by atoms with E-state index in [0.717, 1.165) is 16.0 Å². The number of aryl methyl sites for hydroxylation is 1. The van der Waals surface area contributed by atoms with Gasteiger partial charge in [0.2, 0.25) is 5.91 Å². The zero-order valence-corrected chi connectivity index (χ0v) is 16.0. The number of carbonyl (C=O) groups is 2. The van der Waals surface area contributed by atoms with Gasteiger partial charge in [-0.2, -0.15) is 0 Å². The summed E-state index contributed by atoms with van der Waals surface area (Å²) in [6, 6.07) is 13.9. The van der Waals surface area contributed by atoms with Crippen LogP contribution < -0.4 is 0 Å². The van der Waals surface area contributed by atoms with E-state index < -0.39 is 16.8 Å². The first-order valence-corrected chi connectivity index (χ1v) is 9.86. The van der Waals surface area contributed by atoms with Crippen molar-refractivity contribution < 1.29 is 18.9 Å². The molecule has 0 bridgehead atoms. The van der Waals surface area contributed by atoms with E-state index in [2.05, 4.69) is 0 Å². The molecule has 138 valence electrons. The number of aromatic carboxylic acids is 1. The molecule has 0 aromatic heterocycles. The monoisotopic (exact) mass is 373 g/mol. The maximum Gasteiger partial charge on any atom is 0.335 e. The molecule has 2 unspecified atom stereocenters. The van der Waals surface area contributed by atoms with Gasteiger partial charge in [0.25, 0.3) is 0 Å². The third-order valence-electron chi connectivity index (χ3n) is 4.50. The molecule has 6 heteroatoms. The first-order chi connectivity index (χ1) is 12.3. The fourth-order valence-corrected chi connectivity index (χ4v) is 3.14. The average molecular weight is 373 g/mol. The van der Waals surface area contributed by atoms with Gasteiger partial charge in [0.05, 0.1) is 11.6 Å². The van der Waals surface area contributed by atoms with Gasteiger partial charge in [-0.25, -0.2) is 4.79 Å². The molecule has 1 amide bonds. The van der Waals surface area contributed by atoms with Crippen LogP contribution in [0.1, 0.15) is 40.9 Å². The summed E-state index contributed by atoms with van der Waals surface area (Å²) in [5.74, 6) is -0.943. The van der Waals surface area contributed by atoms with Crippen molar-refractivity contribution in [1.29, 1.82) is 0 Å². The first kappa shape index (κ1) is 19.8. The van der Waals surface area contributed by atoms with Gasteiger partial charge in [0, 0.05) is 35.4 Å². The molecule has 0 aliphatic heterocycles. The highest BCUT2D eigenvalue weighted by atomic mass is 32.2. The van der Waals surface area contributed by atoms with Crippen molar-refractivity contribution in [3.8, 4) is 0 Å². The van der Waals surface area contributed by atoms with Crippen LogP contribution in [0.4, 0.5) is 0 Å². The van der Waals surface area contributed by atoms with Gasteiger partial charge in [0.1, 0.15) is 0 Å². The standard InChI is InChI=1S/C20H23NO4S/c1-14(16-9-11-18(12-10-16)26(3)25)21(2)19(22)13-6-15-4-7-17(8-5-15)20(23)24/h4-5,7-12,14H,6,13H2,1-3H3,(H,23,24). The highest BCUT2D eigenvalue weighted by molar-refractivity contribution is 7.84. The minimum atomic E-state index is -1.02. The van der Waals surface area contributed by atoms with Gasteiger partial charge in [0.15, 0.2) is 0 Å². The van der Waals surface area contributed by atoms with Crippen LogP contribution in [0.2, 0.25) is 0 Å². The Balaban J connectivity index is 1.95. The molecule has 0 spiro atoms. The molecule has 0 saturated carbocycles. The SMILES string of the molecule is CC(c1ccc(S(C)=O)cc1)N(C)C(=O)CCc1ccc(C(=O)O)cc1. The lowest BCUT2D eigenvalue weighted by Crippen LogP contribution is -2.29. The molecule has 0 radical (unpaired) electrons. The summed E-state index contributed by atoms with van der Waals surface area (Å²) < 4.78 is 11.5. The summed E-state index contributed by atoms with van der Waals surface area (Å²) in [5.41, 5.74) is 2.15. The van der Waals surface area contributed by atoms with Gasteiger partial charge in [-0.05, 0) is 48.7 Å². The van der Waals surface area contributed by atoms with Crippen molar-refractivity contribution in [3.05, 3.63) is 65.2 Å². The van der Waals surface area contributed by atoms with Gasteiger partial charge in [-0.15, -0.1) is 0 Å². The number of rotatable bonds is 7. The molecular weight excluding hydrogens is 350 g/mol. The fraction of sp³-hybridized carbons (Fsp3) is 0.300. The molecule has 1 N–H and O–H groups in total. The molecule has 0 aliphatic carbocycles. The number of carboxylic acids is 1. The van der Waals surface area contributed by atoms with E-state index in [1.54, 1.807) is 42.5 Å². The summed E-state index contributed by atoms with van der Waals surface area (Å²) in [6.45, 7) is 1.96. The van der Waals surface area contributed by atoms with Crippen LogP contribution in [0.15, 0.2) is 53.4 Å². The topological polar surface area (TPSA) is 74.7 Å². The van der Waals surface area contributed by atoms with E-state index in [4.69, 9.17) is 5.11 Å². The number of carbonyl (C=O) groups excluding carboxylic acids is 1. The molecule has 5 nitrogen and oxygen atoms in total. The second-order valence-electron chi connectivity index (χ2n) is 6.21. The van der Waals surface area contributed by atoms with Crippen molar-refractivity contribution in [3.63, 3.8) is 0 Å². The van der Waals surface area contributed by atoms with E-state index in [-0.39, 0.29) is 17.5 Å². The van der Waals surface area contributed by atoms with E-state index in [1.165, 1.54) is 0 Å². The second kappa shape index (κ2) is 8.76. The highest BCUT2D eigenvalue weighted by Gasteiger charge is 2.17. The number of nitrogens with zero attached hydrogens (tertiary/aromatic N) is 1. The third-order valence-corrected chi connectivity index (χ3v) is 5.43. The van der Waals surface area contributed by atoms with Crippen LogP contribution in [-0.2, 0) is 22.0 Å². The minimum absolute atomic E-state index is 0.0166. The number of carboxylic acid groups (broad SMARTS) is 1. The van der Waals surface area contributed by atoms with E-state index in [9.17, 15) is 13.8 Å². The molecule has 2 aromatic carbocycles. The molecule has 0 heterocycles. The number of amides is 1. The molecule has 26 heavy (non-hydrogen) atoms. The Kier molecular flexibility index (Phi) is 6.69. The summed E-state index contributed by atoms with van der Waals surface area (Å²) in [5, 5.41) is 8.91. The van der Waals surface area contributed by atoms with Crippen LogP contribution in [0.5, 0.6) is 0 Å². The zero-order chi connectivity index (χ0) is 19.3. The molecular formula is C20H23NO4S. The number of hydrogen-bond acceptors (Lipinski definition) is 3. The molecule has 2 atom stereocenters. The lowest BCUT2D eigenvalue weighted by atomic mass is 10.0. The van der Waals surface area contributed by atoms with Crippen LogP contribution in [0.3, 0.4) is 0 Å². The predicted octanol–water partition coefficient (Wildman–Crippen LogP) is 3.27. The molecule has 2 rings (SSSR count). The predicted molar refractivity (Wildman–Crippen MR) is 102 cm³/mol. The van der Waals surface area contributed by atoms with Crippen LogP contribution in [0, 0.1) is 0 Å². The molecule has 0 fully saturated rings. The Bertz CT molecular complexity index is 800. The van der Waals surface area contributed by atoms with Crippen molar-refractivity contribution in [1.82, 2.24) is 4.90 Å². The Morgan fingerprint density at radius 1 is 1.08 bits per heavy atom. The fourth-order valence-electron chi connectivity index (χ4n) is 2.62. The van der Waals surface area contributed by atoms with Gasteiger partial charge >= 0.3 is 5.97 Å². The number of hydrogen-bond donors (Lipinski definition) is 1. The van der Waals surface area contributed by atoms with Gasteiger partial charge in [-0.1, -0.05) is 24.3 Å². The highest BCUT2D eigenvalue weighted by Crippen LogP contribution is 2.21. The van der Waals surface area contributed by atoms with Gasteiger partial charge < -0.3 is 10.0 Å². The zero-order valence-electron chi connectivity index (χ0n) is 15.1. The van der Waals surface area contributed by atoms with E-state index in [0.29, 0.717) is 12.8 Å². The van der Waals surface area contributed by atoms with Crippen LogP contribution in [-0.4, -0.2) is 39.4 Å². The van der Waals surface area contributed by atoms with E-state index >= 15 is 0 Å². The van der Waals surface area contributed by atoms with Crippen molar-refractivity contribution in [2.24, 2.45) is 0 Å². The van der Waals surface area contributed by atoms with Gasteiger partial charge in [-0.3, -0.25) is 9.00 Å². The van der Waals surface area contributed by atoms with Crippen LogP contribution >= 0.6 is 0 Å². The first-order valence-electron chi connectivity index (χ1n) is 8.31. The molecule has 0 saturated heterocycles. The lowest BCUT2D eigenvalue weighted by Gasteiger charge is -2.25. The minimum Gasteiger partial charge on any atom is -0.478 e. The Morgan fingerprint density at radius 2 is 1.65 bits per heavy atom. The number of benzene rings is 2. The largest absolute Gasteiger partial charge is 0.478 e. The Hall–Kier alpha value is -2.47. The maximum absolute atomic E-state index is 12.5. The van der Waals surface area contributed by atoms with Crippen molar-refractivity contribution in [2.45, 2.75) is 30.7 Å². The molecule has 0 aliphatic rings. The summed E-state index contributed by atoms with van der Waals surface area (Å²) in [4.78, 5) is 25.8. The lowest BCUT2D eigenvalue weighted by molar-refractivity contribution is -0.131. The quantitative estimate of drug-likeness (QED) is 0.808. The smallest absolute Gasteiger partial charge is 0.335 e. The summed E-state index contributed by atoms with van der Waals surface area (Å²) in [6.07, 6.45) is 2.55. The average Bonchev–Trinajstić information content (AvgIpc) is 2.65. The summed E-state index contributed by atoms with van der Waals surface area (Å²) in [7, 11) is 0.754. The molecule has 2 aromatic rings. The Morgan fingerprint density at radius 3 is 2.15 bits per heavy atom. The van der Waals surface area contributed by atoms with E-state index in [1.807, 2.05) is 31.2 Å². The second-order valence-corrected chi connectivity index (χ2v) is 7.59. The maximum atomic E-state index is 12.5. The third kappa shape index (κ3) is 5.02. The van der Waals surface area contributed by atoms with Crippen molar-refractivity contribution >= 4 is 22.7 Å². The van der Waals surface area contributed by atoms with Crippen LogP contribution in [0.25, 0.3) is 0 Å². The summed E-state index contributed by atoms with van der Waals surface area (Å²) >= 11 is 0. The Labute approximate surface area is 156 Å². The normalized spacial score (nSPS) is 13.0. The van der Waals surface area contributed by atoms with Crippen molar-refractivity contribution in [2.75, 3.05) is 13.3 Å².